The molecule has 0 fully saturated rings. The fourth-order valence-corrected chi connectivity index (χ4v) is 4.28. The quantitative estimate of drug-likeness (QED) is 0.616. The van der Waals surface area contributed by atoms with Crippen LogP contribution in [0.15, 0.2) is 11.1 Å². The standard InChI is InChI=1S/C16H26O/c1-10(17)12-8-7-9-13-14(12)16(5,6)11(2)15(13,3)4/h11-12H,7-9H2,1-6H3. The fraction of sp³-hybridized carbons (Fsp3) is 0.812. The van der Waals surface area contributed by atoms with E-state index in [0.717, 1.165) is 6.42 Å². The van der Waals surface area contributed by atoms with E-state index >= 15 is 0 Å². The molecule has 0 aliphatic heterocycles. The highest BCUT2D eigenvalue weighted by atomic mass is 16.1. The molecule has 0 bridgehead atoms. The normalized spacial score (nSPS) is 34.7. The zero-order valence-corrected chi connectivity index (χ0v) is 12.2. The van der Waals surface area contributed by atoms with Crippen LogP contribution in [0.4, 0.5) is 0 Å². The Kier molecular flexibility index (Phi) is 2.80. The van der Waals surface area contributed by atoms with Gasteiger partial charge in [-0.25, -0.2) is 0 Å². The first-order valence-electron chi connectivity index (χ1n) is 6.95. The highest BCUT2D eigenvalue weighted by Crippen LogP contribution is 2.62. The summed E-state index contributed by atoms with van der Waals surface area (Å²) in [6.07, 6.45) is 3.47. The molecule has 2 rings (SSSR count). The van der Waals surface area contributed by atoms with Crippen LogP contribution in [-0.4, -0.2) is 5.78 Å². The van der Waals surface area contributed by atoms with Gasteiger partial charge in [0, 0.05) is 5.92 Å². The van der Waals surface area contributed by atoms with Gasteiger partial charge in [0.15, 0.2) is 0 Å². The predicted octanol–water partition coefficient (Wildman–Crippen LogP) is 4.37. The topological polar surface area (TPSA) is 17.1 Å². The van der Waals surface area contributed by atoms with Gasteiger partial charge in [-0.2, -0.15) is 0 Å². The van der Waals surface area contributed by atoms with E-state index in [4.69, 9.17) is 0 Å². The maximum absolute atomic E-state index is 11.9. The van der Waals surface area contributed by atoms with Gasteiger partial charge >= 0.3 is 0 Å². The van der Waals surface area contributed by atoms with Crippen molar-refractivity contribution in [2.75, 3.05) is 0 Å². The first-order valence-corrected chi connectivity index (χ1v) is 6.95. The Labute approximate surface area is 106 Å². The molecule has 96 valence electrons. The minimum atomic E-state index is 0.190. The lowest BCUT2D eigenvalue weighted by atomic mass is 9.68. The highest BCUT2D eigenvalue weighted by molar-refractivity contribution is 5.82. The highest BCUT2D eigenvalue weighted by Gasteiger charge is 2.53. The third-order valence-corrected chi connectivity index (χ3v) is 5.72. The number of hydrogen-bond acceptors (Lipinski definition) is 1. The van der Waals surface area contributed by atoms with Crippen molar-refractivity contribution in [3.63, 3.8) is 0 Å². The van der Waals surface area contributed by atoms with Gasteiger partial charge < -0.3 is 0 Å². The largest absolute Gasteiger partial charge is 0.299 e. The maximum atomic E-state index is 11.9. The monoisotopic (exact) mass is 234 g/mol. The lowest BCUT2D eigenvalue weighted by Crippen LogP contribution is -2.30. The minimum Gasteiger partial charge on any atom is -0.299 e. The van der Waals surface area contributed by atoms with Gasteiger partial charge in [-0.3, -0.25) is 4.79 Å². The smallest absolute Gasteiger partial charge is 0.136 e. The van der Waals surface area contributed by atoms with Crippen molar-refractivity contribution in [2.24, 2.45) is 22.7 Å². The van der Waals surface area contributed by atoms with Crippen LogP contribution in [0.1, 0.15) is 60.8 Å². The van der Waals surface area contributed by atoms with E-state index < -0.39 is 0 Å². The molecule has 0 amide bonds. The average molecular weight is 234 g/mol. The molecule has 17 heavy (non-hydrogen) atoms. The SMILES string of the molecule is CC(=O)C1CCCC2=C1C(C)(C)C(C)C2(C)C. The zero-order chi connectivity index (χ0) is 13.0. The molecule has 0 saturated carbocycles. The predicted molar refractivity (Wildman–Crippen MR) is 71.8 cm³/mol. The molecule has 0 aromatic heterocycles. The molecule has 1 nitrogen and oxygen atoms in total. The molecular formula is C16H26O. The summed E-state index contributed by atoms with van der Waals surface area (Å²) in [5, 5.41) is 0. The first-order chi connectivity index (χ1) is 7.70. The second-order valence-corrected chi connectivity index (χ2v) is 7.11. The molecule has 2 aliphatic rings. The Bertz CT molecular complexity index is 384. The van der Waals surface area contributed by atoms with Gasteiger partial charge in [-0.15, -0.1) is 0 Å². The van der Waals surface area contributed by atoms with Crippen molar-refractivity contribution in [1.82, 2.24) is 0 Å². The lowest BCUT2D eigenvalue weighted by Gasteiger charge is -2.36. The number of ketones is 1. The van der Waals surface area contributed by atoms with Gasteiger partial charge in [0.1, 0.15) is 5.78 Å². The minimum absolute atomic E-state index is 0.190. The second-order valence-electron chi connectivity index (χ2n) is 7.11. The molecule has 2 atom stereocenters. The molecule has 0 N–H and O–H groups in total. The molecular weight excluding hydrogens is 208 g/mol. The Hall–Kier alpha value is -0.590. The van der Waals surface area contributed by atoms with Crippen LogP contribution < -0.4 is 0 Å². The third-order valence-electron chi connectivity index (χ3n) is 5.72. The second kappa shape index (κ2) is 3.70. The summed E-state index contributed by atoms with van der Waals surface area (Å²) < 4.78 is 0. The van der Waals surface area contributed by atoms with E-state index in [1.165, 1.54) is 18.4 Å². The van der Waals surface area contributed by atoms with Crippen LogP contribution in [0.25, 0.3) is 0 Å². The van der Waals surface area contributed by atoms with E-state index in [-0.39, 0.29) is 16.7 Å². The van der Waals surface area contributed by atoms with E-state index in [9.17, 15) is 4.79 Å². The number of carbonyl (C=O) groups excluding carboxylic acids is 1. The number of carbonyl (C=O) groups is 1. The van der Waals surface area contributed by atoms with E-state index in [1.54, 1.807) is 12.5 Å². The van der Waals surface area contributed by atoms with Crippen LogP contribution >= 0.6 is 0 Å². The van der Waals surface area contributed by atoms with Crippen molar-refractivity contribution in [3.05, 3.63) is 11.1 Å². The van der Waals surface area contributed by atoms with Gasteiger partial charge in [-0.1, -0.05) is 45.8 Å². The van der Waals surface area contributed by atoms with Gasteiger partial charge in [0.25, 0.3) is 0 Å². The Balaban J connectivity index is 2.58. The number of hydrogen-bond donors (Lipinski definition) is 0. The summed E-state index contributed by atoms with van der Waals surface area (Å²) in [6, 6.07) is 0. The summed E-state index contributed by atoms with van der Waals surface area (Å²) in [5.41, 5.74) is 3.55. The van der Waals surface area contributed by atoms with E-state index in [0.29, 0.717) is 11.7 Å². The summed E-state index contributed by atoms with van der Waals surface area (Å²) in [4.78, 5) is 11.9. The van der Waals surface area contributed by atoms with Crippen molar-refractivity contribution in [3.8, 4) is 0 Å². The molecule has 0 aromatic carbocycles. The zero-order valence-electron chi connectivity index (χ0n) is 12.2. The number of rotatable bonds is 1. The molecule has 2 aliphatic carbocycles. The Morgan fingerprint density at radius 2 is 1.76 bits per heavy atom. The molecule has 0 aromatic rings. The van der Waals surface area contributed by atoms with Crippen LogP contribution in [0.2, 0.25) is 0 Å². The summed E-state index contributed by atoms with van der Waals surface area (Å²) >= 11 is 0. The molecule has 1 heteroatoms. The van der Waals surface area contributed by atoms with Crippen LogP contribution in [0.5, 0.6) is 0 Å². The lowest BCUT2D eigenvalue weighted by molar-refractivity contribution is -0.120. The van der Waals surface area contributed by atoms with Crippen molar-refractivity contribution in [2.45, 2.75) is 60.8 Å². The van der Waals surface area contributed by atoms with Crippen LogP contribution in [0, 0.1) is 22.7 Å². The molecule has 0 heterocycles. The van der Waals surface area contributed by atoms with Crippen LogP contribution in [-0.2, 0) is 4.79 Å². The van der Waals surface area contributed by atoms with Gasteiger partial charge in [-0.05, 0) is 42.9 Å². The number of Topliss-reactive ketones (excluding diaryl/α,β-unsaturated/α-hetero) is 1. The van der Waals surface area contributed by atoms with Crippen LogP contribution in [0.3, 0.4) is 0 Å². The van der Waals surface area contributed by atoms with Crippen molar-refractivity contribution in [1.29, 1.82) is 0 Å². The molecule has 0 radical (unpaired) electrons. The Morgan fingerprint density at radius 3 is 2.29 bits per heavy atom. The van der Waals surface area contributed by atoms with Crippen molar-refractivity contribution < 1.29 is 4.79 Å². The number of allylic oxidation sites excluding steroid dienone is 2. The average Bonchev–Trinajstić information content (AvgIpc) is 2.38. The van der Waals surface area contributed by atoms with Gasteiger partial charge in [0.2, 0.25) is 0 Å². The fourth-order valence-electron chi connectivity index (χ4n) is 4.28. The van der Waals surface area contributed by atoms with E-state index in [1.807, 2.05) is 0 Å². The summed E-state index contributed by atoms with van der Waals surface area (Å²) in [6.45, 7) is 13.5. The molecule has 0 spiro atoms. The first kappa shape index (κ1) is 12.9. The van der Waals surface area contributed by atoms with Gasteiger partial charge in [0.05, 0.1) is 0 Å². The summed E-state index contributed by atoms with van der Waals surface area (Å²) in [7, 11) is 0. The molecule has 0 saturated heterocycles. The maximum Gasteiger partial charge on any atom is 0.136 e. The Morgan fingerprint density at radius 1 is 1.18 bits per heavy atom. The van der Waals surface area contributed by atoms with Crippen molar-refractivity contribution >= 4 is 5.78 Å². The molecule has 2 unspecified atom stereocenters. The summed E-state index contributed by atoms with van der Waals surface area (Å²) in [5.74, 6) is 1.20. The third kappa shape index (κ3) is 1.62. The van der Waals surface area contributed by atoms with E-state index in [2.05, 4.69) is 34.6 Å².